The van der Waals surface area contributed by atoms with Gasteiger partial charge in [-0.25, -0.2) is 0 Å². The topological polar surface area (TPSA) is 87.0 Å². The minimum atomic E-state index is -0.462. The number of hydrogen-bond acceptors (Lipinski definition) is 5. The number of allylic oxidation sites excluding steroid dienone is 4. The van der Waals surface area contributed by atoms with Crippen molar-refractivity contribution in [2.75, 3.05) is 0 Å². The maximum Gasteiger partial charge on any atom is 0.303 e. The van der Waals surface area contributed by atoms with Crippen molar-refractivity contribution < 1.29 is 24.9 Å². The molecule has 1 aromatic carbocycles. The van der Waals surface area contributed by atoms with E-state index < -0.39 is 6.10 Å². The second-order valence-electron chi connectivity index (χ2n) is 9.41. The number of aromatic hydroxyl groups is 2. The van der Waals surface area contributed by atoms with Crippen LogP contribution in [0.4, 0.5) is 0 Å². The fourth-order valence-electron chi connectivity index (χ4n) is 3.62. The third kappa shape index (κ3) is 11.4. The van der Waals surface area contributed by atoms with E-state index in [9.17, 15) is 20.1 Å². The number of carbonyl (C=O) groups excluding carboxylic acids is 1. The van der Waals surface area contributed by atoms with Gasteiger partial charge in [0, 0.05) is 18.9 Å². The van der Waals surface area contributed by atoms with Gasteiger partial charge in [0.25, 0.3) is 0 Å². The molecule has 0 aliphatic heterocycles. The molecule has 2 atom stereocenters. The Kier molecular flexibility index (Phi) is 12.4. The Bertz CT molecular complexity index is 946. The van der Waals surface area contributed by atoms with E-state index in [0.29, 0.717) is 30.4 Å². The normalized spacial score (nSPS) is 14.5. The van der Waals surface area contributed by atoms with Gasteiger partial charge in [0.15, 0.2) is 0 Å². The molecule has 0 aliphatic carbocycles. The first kappa shape index (κ1) is 29.2. The predicted octanol–water partition coefficient (Wildman–Crippen LogP) is 6.61. The third-order valence-electron chi connectivity index (χ3n) is 5.63. The van der Waals surface area contributed by atoms with Gasteiger partial charge >= 0.3 is 5.97 Å². The van der Waals surface area contributed by atoms with Crippen LogP contribution in [0.3, 0.4) is 0 Å². The summed E-state index contributed by atoms with van der Waals surface area (Å²) in [4.78, 5) is 11.6. The molecule has 5 nitrogen and oxygen atoms in total. The van der Waals surface area contributed by atoms with Crippen molar-refractivity contribution in [3.63, 3.8) is 0 Å². The van der Waals surface area contributed by atoms with E-state index in [1.165, 1.54) is 18.6 Å². The molecule has 0 bridgehead atoms. The number of carbonyl (C=O) groups is 1. The third-order valence-corrected chi connectivity index (χ3v) is 5.63. The van der Waals surface area contributed by atoms with Gasteiger partial charge in [-0.15, -0.1) is 0 Å². The number of aliphatic hydroxyl groups excluding tert-OH is 1. The zero-order valence-electron chi connectivity index (χ0n) is 21.8. The molecule has 34 heavy (non-hydrogen) atoms. The van der Waals surface area contributed by atoms with Gasteiger partial charge in [-0.05, 0) is 96.6 Å². The summed E-state index contributed by atoms with van der Waals surface area (Å²) < 4.78 is 5.52. The molecule has 3 N–H and O–H groups in total. The Labute approximate surface area is 205 Å². The molecule has 1 aromatic rings. The Balaban J connectivity index is 2.79. The van der Waals surface area contributed by atoms with Crippen molar-refractivity contribution in [3.05, 3.63) is 69.9 Å². The lowest BCUT2D eigenvalue weighted by Crippen LogP contribution is -2.15. The highest BCUT2D eigenvalue weighted by Crippen LogP contribution is 2.28. The van der Waals surface area contributed by atoms with Crippen LogP contribution >= 0.6 is 0 Å². The summed E-state index contributed by atoms with van der Waals surface area (Å²) >= 11 is 0. The monoisotopic (exact) mass is 470 g/mol. The molecule has 0 radical (unpaired) electrons. The van der Waals surface area contributed by atoms with E-state index in [4.69, 9.17) is 4.74 Å². The quantitative estimate of drug-likeness (QED) is 0.182. The lowest BCUT2D eigenvalue weighted by atomic mass is 10.0. The van der Waals surface area contributed by atoms with E-state index in [0.717, 1.165) is 29.6 Å². The Morgan fingerprint density at radius 3 is 2.29 bits per heavy atom. The highest BCUT2D eigenvalue weighted by molar-refractivity contribution is 5.66. The lowest BCUT2D eigenvalue weighted by Gasteiger charge is -2.16. The van der Waals surface area contributed by atoms with Crippen molar-refractivity contribution in [1.29, 1.82) is 0 Å². The molecule has 188 valence electrons. The van der Waals surface area contributed by atoms with Crippen molar-refractivity contribution in [1.82, 2.24) is 0 Å². The molecule has 0 saturated carbocycles. The van der Waals surface area contributed by atoms with E-state index in [-0.39, 0.29) is 23.6 Å². The molecule has 5 heteroatoms. The van der Waals surface area contributed by atoms with Crippen molar-refractivity contribution in [2.45, 2.75) is 92.8 Å². The molecule has 0 aromatic heterocycles. The van der Waals surface area contributed by atoms with Crippen molar-refractivity contribution in [3.8, 4) is 11.5 Å². The fourth-order valence-corrected chi connectivity index (χ4v) is 3.62. The fraction of sp³-hybridized carbons (Fsp3) is 0.483. The second-order valence-corrected chi connectivity index (χ2v) is 9.41. The molecular weight excluding hydrogens is 428 g/mol. The van der Waals surface area contributed by atoms with Gasteiger partial charge in [-0.1, -0.05) is 34.9 Å². The number of phenols is 2. The van der Waals surface area contributed by atoms with Crippen LogP contribution in [-0.4, -0.2) is 33.5 Å². The molecule has 0 aliphatic rings. The first-order valence-electron chi connectivity index (χ1n) is 11.9. The van der Waals surface area contributed by atoms with Gasteiger partial charge in [0.1, 0.15) is 17.6 Å². The number of aryl methyl sites for hydroxylation is 1. The van der Waals surface area contributed by atoms with Crippen LogP contribution < -0.4 is 0 Å². The Morgan fingerprint density at radius 1 is 1.00 bits per heavy atom. The van der Waals surface area contributed by atoms with E-state index in [1.54, 1.807) is 13.0 Å². The molecule has 0 spiro atoms. The Morgan fingerprint density at radius 2 is 1.68 bits per heavy atom. The number of esters is 1. The largest absolute Gasteiger partial charge is 0.508 e. The van der Waals surface area contributed by atoms with Gasteiger partial charge in [0.05, 0.1) is 6.10 Å². The summed E-state index contributed by atoms with van der Waals surface area (Å²) in [7, 11) is 0. The first-order chi connectivity index (χ1) is 15.9. The minimum absolute atomic E-state index is 0.126. The van der Waals surface area contributed by atoms with Crippen LogP contribution in [0.2, 0.25) is 0 Å². The average molecular weight is 471 g/mol. The van der Waals surface area contributed by atoms with Crippen molar-refractivity contribution >= 4 is 5.97 Å². The zero-order chi connectivity index (χ0) is 25.8. The molecule has 0 heterocycles. The van der Waals surface area contributed by atoms with Crippen molar-refractivity contribution in [2.24, 2.45) is 0 Å². The maximum atomic E-state index is 11.6. The smallest absolute Gasteiger partial charge is 0.303 e. The van der Waals surface area contributed by atoms with Crippen LogP contribution in [0, 0.1) is 6.92 Å². The first-order valence-corrected chi connectivity index (χ1v) is 11.9. The van der Waals surface area contributed by atoms with Crippen LogP contribution in [0.15, 0.2) is 58.7 Å². The van der Waals surface area contributed by atoms with Crippen LogP contribution in [0.25, 0.3) is 0 Å². The highest BCUT2D eigenvalue weighted by atomic mass is 16.5. The molecule has 1 rings (SSSR count). The van der Waals surface area contributed by atoms with Gasteiger partial charge in [-0.2, -0.15) is 0 Å². The number of ether oxygens (including phenoxy) is 1. The summed E-state index contributed by atoms with van der Waals surface area (Å²) in [6.07, 6.45) is 10.5. The number of hydrogen-bond donors (Lipinski definition) is 3. The SMILES string of the molecule is CC(=O)OC(/C=C(\C)CC/C=C(\C)C(O)CC=C(C)C)C/C(C)=C/Cc1cc(O)cc(C)c1O. The number of phenolic OH excluding ortho intramolecular Hbond substituents is 2. The maximum absolute atomic E-state index is 11.6. The summed E-state index contributed by atoms with van der Waals surface area (Å²) in [6.45, 7) is 13.1. The Hall–Kier alpha value is -2.79. The summed E-state index contributed by atoms with van der Waals surface area (Å²) in [5.74, 6) is -0.0221. The lowest BCUT2D eigenvalue weighted by molar-refractivity contribution is -0.144. The molecule has 0 saturated heterocycles. The number of aliphatic hydroxyl groups is 1. The van der Waals surface area contributed by atoms with Crippen LogP contribution in [0.5, 0.6) is 11.5 Å². The van der Waals surface area contributed by atoms with Crippen LogP contribution in [-0.2, 0) is 16.0 Å². The van der Waals surface area contributed by atoms with Gasteiger partial charge in [0.2, 0.25) is 0 Å². The van der Waals surface area contributed by atoms with E-state index in [1.807, 2.05) is 52.8 Å². The summed E-state index contributed by atoms with van der Waals surface area (Å²) in [5, 5.41) is 30.3. The second kappa shape index (κ2) is 14.5. The number of rotatable bonds is 12. The molecule has 0 amide bonds. The van der Waals surface area contributed by atoms with Gasteiger partial charge < -0.3 is 20.1 Å². The molecule has 0 fully saturated rings. The summed E-state index contributed by atoms with van der Waals surface area (Å²) in [5.41, 5.74) is 5.58. The minimum Gasteiger partial charge on any atom is -0.508 e. The van der Waals surface area contributed by atoms with Crippen LogP contribution in [0.1, 0.15) is 78.4 Å². The predicted molar refractivity (Wildman–Crippen MR) is 139 cm³/mol. The van der Waals surface area contributed by atoms with E-state index >= 15 is 0 Å². The average Bonchev–Trinajstić information content (AvgIpc) is 2.72. The molecular formula is C29H42O5. The molecule has 2 unspecified atom stereocenters. The number of benzene rings is 1. The van der Waals surface area contributed by atoms with Gasteiger partial charge in [-0.3, -0.25) is 4.79 Å². The zero-order valence-corrected chi connectivity index (χ0v) is 21.8. The highest BCUT2D eigenvalue weighted by Gasteiger charge is 2.12. The standard InChI is InChI=1S/C29H42O5/c1-19(2)11-14-28(32)22(5)10-8-9-20(3)15-27(34-24(7)30)16-21(4)12-13-25-18-26(31)17-23(6)29(25)33/h10-12,15,17-18,27-28,31-33H,8-9,13-14,16H2,1-7H3/b20-15+,21-12+,22-10+. The summed E-state index contributed by atoms with van der Waals surface area (Å²) in [6, 6.07) is 3.09. The van der Waals surface area contributed by atoms with E-state index in [2.05, 4.69) is 6.08 Å².